The molecule has 4 heterocycles. The number of hydrogen-bond donors (Lipinski definition) is 2. The molecule has 8 heteroatoms. The maximum atomic E-state index is 12.4. The minimum absolute atomic E-state index is 0.174. The number of aryl methyl sites for hydroxylation is 1. The number of rotatable bonds is 5. The van der Waals surface area contributed by atoms with Gasteiger partial charge in [-0.25, -0.2) is 9.97 Å². The third kappa shape index (κ3) is 3.90. The second-order valence-electron chi connectivity index (χ2n) is 6.73. The Morgan fingerprint density at radius 1 is 1.30 bits per heavy atom. The number of hydrogen-bond acceptors (Lipinski definition) is 5. The molecule has 1 atom stereocenters. The van der Waals surface area contributed by atoms with Crippen LogP contribution in [0.2, 0.25) is 0 Å². The fourth-order valence-corrected chi connectivity index (χ4v) is 3.28. The van der Waals surface area contributed by atoms with Gasteiger partial charge >= 0.3 is 0 Å². The molecular weight excluding hydrogens is 342 g/mol. The average molecular weight is 365 g/mol. The maximum absolute atomic E-state index is 12.4. The lowest BCUT2D eigenvalue weighted by Gasteiger charge is -2.22. The van der Waals surface area contributed by atoms with E-state index in [2.05, 4.69) is 25.7 Å². The molecule has 0 saturated carbocycles. The van der Waals surface area contributed by atoms with Crippen molar-refractivity contribution in [1.29, 1.82) is 0 Å². The van der Waals surface area contributed by atoms with Crippen molar-refractivity contribution in [3.8, 4) is 5.82 Å². The van der Waals surface area contributed by atoms with Gasteiger partial charge in [0.15, 0.2) is 0 Å². The highest BCUT2D eigenvalue weighted by Gasteiger charge is 2.17. The summed E-state index contributed by atoms with van der Waals surface area (Å²) in [5, 5.41) is 10.7. The number of carbonyl (C=O) groups excluding carboxylic acids is 1. The molecule has 140 valence electrons. The number of pyridine rings is 1. The van der Waals surface area contributed by atoms with Crippen molar-refractivity contribution in [2.45, 2.75) is 32.4 Å². The summed E-state index contributed by atoms with van der Waals surface area (Å²) in [7, 11) is 0. The summed E-state index contributed by atoms with van der Waals surface area (Å²) >= 11 is 0. The van der Waals surface area contributed by atoms with Crippen LogP contribution in [0.4, 0.5) is 0 Å². The normalized spacial score (nSPS) is 17.0. The Hall–Kier alpha value is -3.00. The first kappa shape index (κ1) is 17.4. The van der Waals surface area contributed by atoms with E-state index in [-0.39, 0.29) is 5.91 Å². The molecular formula is C19H23N7O. The van der Waals surface area contributed by atoms with Crippen LogP contribution >= 0.6 is 0 Å². The van der Waals surface area contributed by atoms with Crippen LogP contribution in [0.5, 0.6) is 0 Å². The van der Waals surface area contributed by atoms with Crippen LogP contribution in [0.15, 0.2) is 43.0 Å². The van der Waals surface area contributed by atoms with E-state index in [0.717, 1.165) is 43.1 Å². The standard InChI is InChI=1S/C19H23N7O/c1-14-21-8-10-25(14)18-5-4-15(11-22-18)12-23-19(27)17-6-9-26(24-17)16-3-2-7-20-13-16/h4-6,8-11,16,20H,2-3,7,12-13H2,1H3,(H,23,27). The van der Waals surface area contributed by atoms with Crippen LogP contribution in [0, 0.1) is 6.92 Å². The van der Waals surface area contributed by atoms with Crippen LogP contribution in [0.25, 0.3) is 5.82 Å². The molecule has 1 amide bonds. The smallest absolute Gasteiger partial charge is 0.272 e. The highest BCUT2D eigenvalue weighted by Crippen LogP contribution is 2.15. The van der Waals surface area contributed by atoms with Gasteiger partial charge in [-0.15, -0.1) is 0 Å². The van der Waals surface area contributed by atoms with Gasteiger partial charge in [-0.05, 0) is 44.0 Å². The maximum Gasteiger partial charge on any atom is 0.272 e. The Balaban J connectivity index is 1.35. The lowest BCUT2D eigenvalue weighted by molar-refractivity contribution is 0.0944. The molecule has 3 aromatic heterocycles. The van der Waals surface area contributed by atoms with Crippen LogP contribution in [0.3, 0.4) is 0 Å². The van der Waals surface area contributed by atoms with Crippen molar-refractivity contribution in [3.63, 3.8) is 0 Å². The number of piperidine rings is 1. The Bertz CT molecular complexity index is 906. The number of nitrogens with one attached hydrogen (secondary N) is 2. The molecule has 1 aliphatic rings. The summed E-state index contributed by atoms with van der Waals surface area (Å²) in [6, 6.07) is 5.96. The number of amides is 1. The van der Waals surface area contributed by atoms with E-state index < -0.39 is 0 Å². The molecule has 0 aliphatic carbocycles. The second-order valence-corrected chi connectivity index (χ2v) is 6.73. The second kappa shape index (κ2) is 7.71. The molecule has 4 rings (SSSR count). The van der Waals surface area contributed by atoms with Gasteiger partial charge < -0.3 is 10.6 Å². The van der Waals surface area contributed by atoms with Gasteiger partial charge in [0.05, 0.1) is 6.04 Å². The van der Waals surface area contributed by atoms with Gasteiger partial charge in [-0.2, -0.15) is 5.10 Å². The first-order valence-corrected chi connectivity index (χ1v) is 9.20. The number of aromatic nitrogens is 5. The van der Waals surface area contributed by atoms with Crippen molar-refractivity contribution >= 4 is 5.91 Å². The summed E-state index contributed by atoms with van der Waals surface area (Å²) in [5.74, 6) is 1.51. The third-order valence-electron chi connectivity index (χ3n) is 4.82. The van der Waals surface area contributed by atoms with Crippen LogP contribution in [-0.2, 0) is 6.54 Å². The molecule has 0 bridgehead atoms. The van der Waals surface area contributed by atoms with Crippen molar-refractivity contribution in [3.05, 3.63) is 60.1 Å². The van der Waals surface area contributed by atoms with Crippen molar-refractivity contribution in [2.24, 2.45) is 0 Å². The molecule has 1 unspecified atom stereocenters. The van der Waals surface area contributed by atoms with E-state index in [1.807, 2.05) is 40.7 Å². The Kier molecular flexibility index (Phi) is 4.97. The topological polar surface area (TPSA) is 89.7 Å². The fraction of sp³-hybridized carbons (Fsp3) is 0.368. The third-order valence-corrected chi connectivity index (χ3v) is 4.82. The molecule has 2 N–H and O–H groups in total. The molecule has 27 heavy (non-hydrogen) atoms. The average Bonchev–Trinajstić information content (AvgIpc) is 3.37. The largest absolute Gasteiger partial charge is 0.347 e. The fourth-order valence-electron chi connectivity index (χ4n) is 3.28. The summed E-state index contributed by atoms with van der Waals surface area (Å²) in [6.07, 6.45) is 9.49. The van der Waals surface area contributed by atoms with Crippen molar-refractivity contribution < 1.29 is 4.79 Å². The quantitative estimate of drug-likeness (QED) is 0.717. The Morgan fingerprint density at radius 3 is 2.93 bits per heavy atom. The molecule has 3 aromatic rings. The van der Waals surface area contributed by atoms with Gasteiger partial charge in [-0.1, -0.05) is 6.07 Å². The number of carbonyl (C=O) groups is 1. The summed E-state index contributed by atoms with van der Waals surface area (Å²) in [6.45, 7) is 4.29. The number of nitrogens with zero attached hydrogens (tertiary/aromatic N) is 5. The van der Waals surface area contributed by atoms with E-state index >= 15 is 0 Å². The Morgan fingerprint density at radius 2 is 2.22 bits per heavy atom. The van der Waals surface area contributed by atoms with E-state index in [1.165, 1.54) is 0 Å². The van der Waals surface area contributed by atoms with E-state index in [4.69, 9.17) is 0 Å². The number of imidazole rings is 1. The van der Waals surface area contributed by atoms with Gasteiger partial charge in [-0.3, -0.25) is 14.0 Å². The highest BCUT2D eigenvalue weighted by atomic mass is 16.1. The molecule has 8 nitrogen and oxygen atoms in total. The monoisotopic (exact) mass is 365 g/mol. The zero-order chi connectivity index (χ0) is 18.6. The molecule has 0 spiro atoms. The van der Waals surface area contributed by atoms with Crippen molar-refractivity contribution in [2.75, 3.05) is 13.1 Å². The first-order valence-electron chi connectivity index (χ1n) is 9.20. The highest BCUT2D eigenvalue weighted by molar-refractivity contribution is 5.92. The predicted octanol–water partition coefficient (Wildman–Crippen LogP) is 1.63. The predicted molar refractivity (Wildman–Crippen MR) is 101 cm³/mol. The lowest BCUT2D eigenvalue weighted by Crippen LogP contribution is -2.32. The zero-order valence-corrected chi connectivity index (χ0v) is 15.3. The van der Waals surface area contributed by atoms with Gasteiger partial charge in [0.25, 0.3) is 5.91 Å². The Labute approximate surface area is 157 Å². The van der Waals surface area contributed by atoms with Crippen molar-refractivity contribution in [1.82, 2.24) is 34.9 Å². The molecule has 0 radical (unpaired) electrons. The molecule has 1 fully saturated rings. The van der Waals surface area contributed by atoms with Crippen LogP contribution in [0.1, 0.15) is 40.8 Å². The minimum Gasteiger partial charge on any atom is -0.347 e. The minimum atomic E-state index is -0.174. The van der Waals surface area contributed by atoms with Gasteiger partial charge in [0, 0.05) is 37.9 Å². The zero-order valence-electron chi connectivity index (χ0n) is 15.3. The van der Waals surface area contributed by atoms with Gasteiger partial charge in [0.2, 0.25) is 0 Å². The van der Waals surface area contributed by atoms with Gasteiger partial charge in [0.1, 0.15) is 17.3 Å². The summed E-state index contributed by atoms with van der Waals surface area (Å²) in [5.41, 5.74) is 1.37. The molecule has 1 aliphatic heterocycles. The summed E-state index contributed by atoms with van der Waals surface area (Å²) in [4.78, 5) is 21.0. The first-order chi connectivity index (χ1) is 13.2. The van der Waals surface area contributed by atoms with Crippen LogP contribution < -0.4 is 10.6 Å². The van der Waals surface area contributed by atoms with E-state index in [9.17, 15) is 4.79 Å². The lowest BCUT2D eigenvalue weighted by atomic mass is 10.1. The molecule has 1 saturated heterocycles. The summed E-state index contributed by atoms with van der Waals surface area (Å²) < 4.78 is 3.81. The SMILES string of the molecule is Cc1nccn1-c1ccc(CNC(=O)c2ccn(C3CCCNC3)n2)cn1. The molecule has 0 aromatic carbocycles. The van der Waals surface area contributed by atoms with Crippen LogP contribution in [-0.4, -0.2) is 43.3 Å². The van der Waals surface area contributed by atoms with E-state index in [1.54, 1.807) is 18.5 Å². The van der Waals surface area contributed by atoms with E-state index in [0.29, 0.717) is 18.3 Å².